The summed E-state index contributed by atoms with van der Waals surface area (Å²) in [5.74, 6) is 3.44. The Balaban J connectivity index is 3.12. The fraction of sp³-hybridized carbons (Fsp3) is 1.00. The molecule has 0 amide bonds. The summed E-state index contributed by atoms with van der Waals surface area (Å²) >= 11 is -2.19. The van der Waals surface area contributed by atoms with Crippen molar-refractivity contribution in [2.75, 3.05) is 36.2 Å². The molecular formula is C12H26O4S5. The predicted octanol–water partition coefficient (Wildman–Crippen LogP) is 3.98. The van der Waals surface area contributed by atoms with Crippen LogP contribution in [0.15, 0.2) is 0 Å². The van der Waals surface area contributed by atoms with Gasteiger partial charge in [-0.2, -0.15) is 0 Å². The van der Waals surface area contributed by atoms with Gasteiger partial charge in [0.05, 0.1) is 13.2 Å². The topological polar surface area (TPSA) is 52.6 Å². The molecule has 0 aliphatic carbocycles. The molecule has 0 aliphatic rings. The van der Waals surface area contributed by atoms with E-state index in [0.29, 0.717) is 24.7 Å². The zero-order valence-electron chi connectivity index (χ0n) is 12.7. The van der Waals surface area contributed by atoms with Crippen LogP contribution in [0.25, 0.3) is 0 Å². The van der Waals surface area contributed by atoms with E-state index >= 15 is 0 Å². The fourth-order valence-electron chi connectivity index (χ4n) is 1.24. The van der Waals surface area contributed by atoms with Gasteiger partial charge in [-0.05, 0) is 49.4 Å². The number of rotatable bonds is 16. The zero-order valence-corrected chi connectivity index (χ0v) is 16.8. The molecule has 21 heavy (non-hydrogen) atoms. The van der Waals surface area contributed by atoms with Crippen molar-refractivity contribution in [3.05, 3.63) is 0 Å². The normalized spacial score (nSPS) is 14.2. The Morgan fingerprint density at radius 3 is 1.57 bits per heavy atom. The van der Waals surface area contributed by atoms with Crippen molar-refractivity contribution >= 4 is 53.6 Å². The molecule has 0 fully saturated rings. The predicted molar refractivity (Wildman–Crippen MR) is 100 cm³/mol. The van der Waals surface area contributed by atoms with E-state index in [-0.39, 0.29) is 0 Å². The first-order valence-corrected chi connectivity index (χ1v) is 13.5. The number of hydrogen-bond acceptors (Lipinski definition) is 7. The van der Waals surface area contributed by atoms with E-state index in [2.05, 4.69) is 0 Å². The molecule has 0 aromatic heterocycles. The summed E-state index contributed by atoms with van der Waals surface area (Å²) in [6, 6.07) is 0. The molecule has 0 radical (unpaired) electrons. The summed E-state index contributed by atoms with van der Waals surface area (Å²) in [4.78, 5) is 0. The van der Waals surface area contributed by atoms with Gasteiger partial charge in [-0.3, -0.25) is 8.37 Å². The van der Waals surface area contributed by atoms with Gasteiger partial charge in [0.25, 0.3) is 0 Å². The molecule has 0 aromatic rings. The average molecular weight is 395 g/mol. The van der Waals surface area contributed by atoms with Crippen LogP contribution >= 0.6 is 31.4 Å². The maximum atomic E-state index is 11.2. The quantitative estimate of drug-likeness (QED) is 0.290. The molecular weight excluding hydrogens is 368 g/mol. The minimum atomic E-state index is -1.09. The van der Waals surface area contributed by atoms with Gasteiger partial charge in [-0.1, -0.05) is 21.6 Å². The van der Waals surface area contributed by atoms with Crippen LogP contribution in [0, 0.1) is 0 Å². The molecule has 0 heterocycles. The molecule has 2 atom stereocenters. The molecule has 0 bridgehead atoms. The van der Waals surface area contributed by atoms with Crippen molar-refractivity contribution in [2.45, 2.75) is 39.5 Å². The molecule has 0 spiro atoms. The second-order valence-electron chi connectivity index (χ2n) is 3.95. The first-order valence-electron chi connectivity index (χ1n) is 7.15. The van der Waals surface area contributed by atoms with Crippen LogP contribution < -0.4 is 0 Å². The minimum absolute atomic E-state index is 0.520. The highest BCUT2D eigenvalue weighted by Gasteiger charge is 2.00. The lowest BCUT2D eigenvalue weighted by Crippen LogP contribution is -2.02. The van der Waals surface area contributed by atoms with Crippen LogP contribution in [-0.4, -0.2) is 44.6 Å². The van der Waals surface area contributed by atoms with Crippen LogP contribution in [0.1, 0.15) is 39.5 Å². The van der Waals surface area contributed by atoms with Crippen molar-refractivity contribution in [1.29, 1.82) is 0 Å². The Kier molecular flexibility index (Phi) is 18.7. The molecule has 9 heteroatoms. The minimum Gasteiger partial charge on any atom is -0.291 e. The monoisotopic (exact) mass is 394 g/mol. The molecule has 4 nitrogen and oxygen atoms in total. The molecule has 0 saturated carbocycles. The van der Waals surface area contributed by atoms with Gasteiger partial charge in [0.15, 0.2) is 22.2 Å². The van der Waals surface area contributed by atoms with Crippen molar-refractivity contribution in [2.24, 2.45) is 0 Å². The molecule has 0 N–H and O–H groups in total. The van der Waals surface area contributed by atoms with E-state index < -0.39 is 22.2 Å². The van der Waals surface area contributed by atoms with Gasteiger partial charge in [-0.15, -0.1) is 0 Å². The molecule has 0 rings (SSSR count). The number of hydrogen-bond donors (Lipinski definition) is 0. The first-order chi connectivity index (χ1) is 10.2. The lowest BCUT2D eigenvalue weighted by molar-refractivity contribution is 0.370. The van der Waals surface area contributed by atoms with E-state index in [1.807, 2.05) is 45.3 Å². The third-order valence-corrected chi connectivity index (χ3v) is 8.83. The fourth-order valence-corrected chi connectivity index (χ4v) is 6.89. The van der Waals surface area contributed by atoms with Gasteiger partial charge in [0.1, 0.15) is 0 Å². The first kappa shape index (κ1) is 22.3. The van der Waals surface area contributed by atoms with Crippen LogP contribution in [0.2, 0.25) is 0 Å². The van der Waals surface area contributed by atoms with Gasteiger partial charge < -0.3 is 0 Å². The third kappa shape index (κ3) is 17.5. The molecule has 0 saturated heterocycles. The Bertz CT molecular complexity index is 252. The summed E-state index contributed by atoms with van der Waals surface area (Å²) in [7, 11) is 5.50. The van der Waals surface area contributed by atoms with Crippen LogP contribution in [-0.2, 0) is 30.5 Å². The Labute approximate surface area is 145 Å². The van der Waals surface area contributed by atoms with E-state index in [0.717, 1.165) is 37.2 Å². The van der Waals surface area contributed by atoms with E-state index in [4.69, 9.17) is 8.37 Å². The van der Waals surface area contributed by atoms with Crippen molar-refractivity contribution < 1.29 is 16.8 Å². The van der Waals surface area contributed by atoms with Crippen molar-refractivity contribution in [3.8, 4) is 0 Å². The van der Waals surface area contributed by atoms with Gasteiger partial charge in [0.2, 0.25) is 0 Å². The highest BCUT2D eigenvalue weighted by atomic mass is 33.5. The van der Waals surface area contributed by atoms with E-state index in [1.54, 1.807) is 0 Å². The standard InChI is InChI=1S/C12H26O4S5/c1-3-15-20(13)11-7-5-9-17-19-18-10-6-8-12-21(14)16-4-2/h3-12H2,1-2H3. The Morgan fingerprint density at radius 1 is 0.762 bits per heavy atom. The van der Waals surface area contributed by atoms with Crippen LogP contribution in [0.3, 0.4) is 0 Å². The maximum absolute atomic E-state index is 11.2. The second kappa shape index (κ2) is 17.6. The summed E-state index contributed by atoms with van der Waals surface area (Å²) in [5.41, 5.74) is 0. The summed E-state index contributed by atoms with van der Waals surface area (Å²) in [6.45, 7) is 4.75. The SMILES string of the molecule is CCOS(=O)CCCCSSSCCCCS(=O)OCC. The zero-order chi connectivity index (χ0) is 15.8. The lowest BCUT2D eigenvalue weighted by atomic mass is 10.4. The van der Waals surface area contributed by atoms with Gasteiger partial charge >= 0.3 is 0 Å². The summed E-state index contributed by atoms with van der Waals surface area (Å²) < 4.78 is 32.4. The highest BCUT2D eigenvalue weighted by molar-refractivity contribution is 9.09. The average Bonchev–Trinajstić information content (AvgIpc) is 2.45. The van der Waals surface area contributed by atoms with Crippen LogP contribution in [0.5, 0.6) is 0 Å². The van der Waals surface area contributed by atoms with Gasteiger partial charge in [-0.25, -0.2) is 8.42 Å². The molecule has 0 aromatic carbocycles. The third-order valence-electron chi connectivity index (χ3n) is 2.17. The highest BCUT2D eigenvalue weighted by Crippen LogP contribution is 2.35. The van der Waals surface area contributed by atoms with E-state index in [1.165, 1.54) is 0 Å². The van der Waals surface area contributed by atoms with E-state index in [9.17, 15) is 8.42 Å². The summed E-state index contributed by atoms with van der Waals surface area (Å²) in [5, 5.41) is 0. The molecule has 128 valence electrons. The summed E-state index contributed by atoms with van der Waals surface area (Å²) in [6.07, 6.45) is 4.05. The largest absolute Gasteiger partial charge is 0.291 e. The van der Waals surface area contributed by atoms with Crippen molar-refractivity contribution in [1.82, 2.24) is 0 Å². The Morgan fingerprint density at radius 2 is 1.19 bits per heavy atom. The lowest BCUT2D eigenvalue weighted by Gasteiger charge is -2.02. The van der Waals surface area contributed by atoms with Crippen molar-refractivity contribution in [3.63, 3.8) is 0 Å². The molecule has 2 unspecified atom stereocenters. The number of unbranched alkanes of at least 4 members (excludes halogenated alkanes) is 2. The van der Waals surface area contributed by atoms with Crippen LogP contribution in [0.4, 0.5) is 0 Å². The van der Waals surface area contributed by atoms with Gasteiger partial charge in [0, 0.05) is 23.0 Å². The second-order valence-corrected chi connectivity index (χ2v) is 10.9. The Hall–Kier alpha value is 1.27. The maximum Gasteiger partial charge on any atom is 0.155 e. The smallest absolute Gasteiger partial charge is 0.155 e. The molecule has 0 aliphatic heterocycles.